The Labute approximate surface area is 114 Å². The number of nitrogens with one attached hydrogen (secondary N) is 1. The highest BCUT2D eigenvalue weighted by atomic mass is 15.1. The molecule has 1 heterocycles. The molecular weight excluding hydrogens is 236 g/mol. The van der Waals surface area contributed by atoms with Gasteiger partial charge in [-0.2, -0.15) is 0 Å². The van der Waals surface area contributed by atoms with Gasteiger partial charge in [0.1, 0.15) is 5.82 Å². The maximum atomic E-state index is 4.21. The van der Waals surface area contributed by atoms with E-state index in [-0.39, 0.29) is 0 Å². The number of hydrogen-bond acceptors (Lipinski definition) is 4. The van der Waals surface area contributed by atoms with Crippen molar-refractivity contribution in [2.45, 2.75) is 20.4 Å². The normalized spacial score (nSPS) is 10.7. The zero-order chi connectivity index (χ0) is 13.5. The van der Waals surface area contributed by atoms with Crippen LogP contribution in [0.3, 0.4) is 0 Å². The summed E-state index contributed by atoms with van der Waals surface area (Å²) in [5.41, 5.74) is 2.35. The summed E-state index contributed by atoms with van der Waals surface area (Å²) in [6.45, 7) is 7.48. The van der Waals surface area contributed by atoms with Gasteiger partial charge in [-0.1, -0.05) is 26.0 Å². The van der Waals surface area contributed by atoms with Crippen molar-refractivity contribution in [1.82, 2.24) is 14.9 Å². The van der Waals surface area contributed by atoms with Crippen molar-refractivity contribution in [3.05, 3.63) is 48.4 Å². The first-order chi connectivity index (χ1) is 9.31. The molecule has 4 nitrogen and oxygen atoms in total. The molecule has 0 saturated carbocycles. The summed E-state index contributed by atoms with van der Waals surface area (Å²) in [6.07, 6.45) is 5.07. The lowest BCUT2D eigenvalue weighted by atomic mass is 10.2. The van der Waals surface area contributed by atoms with Gasteiger partial charge in [0.2, 0.25) is 0 Å². The van der Waals surface area contributed by atoms with Crippen molar-refractivity contribution in [1.29, 1.82) is 0 Å². The average molecular weight is 256 g/mol. The zero-order valence-corrected chi connectivity index (χ0v) is 11.5. The van der Waals surface area contributed by atoms with Gasteiger partial charge >= 0.3 is 0 Å². The predicted octanol–water partition coefficient (Wildman–Crippen LogP) is 3.06. The minimum atomic E-state index is 0.766. The van der Waals surface area contributed by atoms with E-state index in [2.05, 4.69) is 52.2 Å². The van der Waals surface area contributed by atoms with Crippen LogP contribution in [0.2, 0.25) is 0 Å². The molecule has 0 unspecified atom stereocenters. The van der Waals surface area contributed by atoms with E-state index in [1.165, 1.54) is 5.56 Å². The molecule has 0 atom stereocenters. The van der Waals surface area contributed by atoms with Crippen LogP contribution in [0.1, 0.15) is 19.4 Å². The van der Waals surface area contributed by atoms with E-state index in [1.54, 1.807) is 18.6 Å². The van der Waals surface area contributed by atoms with E-state index in [1.807, 2.05) is 6.07 Å². The molecule has 1 N–H and O–H groups in total. The Bertz CT molecular complexity index is 495. The van der Waals surface area contributed by atoms with Gasteiger partial charge in [-0.3, -0.25) is 9.88 Å². The van der Waals surface area contributed by atoms with Crippen LogP contribution in [0.25, 0.3) is 0 Å². The molecule has 1 aromatic heterocycles. The van der Waals surface area contributed by atoms with E-state index in [9.17, 15) is 0 Å². The van der Waals surface area contributed by atoms with Crippen molar-refractivity contribution in [3.63, 3.8) is 0 Å². The molecule has 0 radical (unpaired) electrons. The maximum Gasteiger partial charge on any atom is 0.148 e. The van der Waals surface area contributed by atoms with E-state index in [4.69, 9.17) is 0 Å². The van der Waals surface area contributed by atoms with Crippen molar-refractivity contribution < 1.29 is 0 Å². The third-order valence-electron chi connectivity index (χ3n) is 3.06. The number of anilines is 2. The first-order valence-corrected chi connectivity index (χ1v) is 6.66. The number of aromatic nitrogens is 2. The molecule has 0 fully saturated rings. The standard InChI is InChI=1S/C15H20N4/c1-3-19(4-2)12-13-6-5-7-14(10-13)18-15-11-16-8-9-17-15/h5-11H,3-4,12H2,1-2H3,(H,17,18). The monoisotopic (exact) mass is 256 g/mol. The molecule has 0 amide bonds. The molecule has 2 aromatic rings. The molecule has 1 aromatic carbocycles. The molecule has 0 bridgehead atoms. The van der Waals surface area contributed by atoms with Crippen LogP contribution >= 0.6 is 0 Å². The molecular formula is C15H20N4. The quantitative estimate of drug-likeness (QED) is 0.862. The van der Waals surface area contributed by atoms with Crippen LogP contribution in [0.15, 0.2) is 42.9 Å². The fourth-order valence-electron chi connectivity index (χ4n) is 1.96. The van der Waals surface area contributed by atoms with Gasteiger partial charge in [0.05, 0.1) is 6.20 Å². The Morgan fingerprint density at radius 3 is 2.68 bits per heavy atom. The lowest BCUT2D eigenvalue weighted by Gasteiger charge is -2.18. The highest BCUT2D eigenvalue weighted by Gasteiger charge is 2.02. The summed E-state index contributed by atoms with van der Waals surface area (Å²) in [4.78, 5) is 10.6. The highest BCUT2D eigenvalue weighted by Crippen LogP contribution is 2.16. The number of hydrogen-bond donors (Lipinski definition) is 1. The molecule has 0 aliphatic carbocycles. The third-order valence-corrected chi connectivity index (χ3v) is 3.06. The van der Waals surface area contributed by atoms with Gasteiger partial charge in [-0.25, -0.2) is 4.98 Å². The fourth-order valence-corrected chi connectivity index (χ4v) is 1.96. The minimum Gasteiger partial charge on any atom is -0.339 e. The van der Waals surface area contributed by atoms with Crippen molar-refractivity contribution in [2.75, 3.05) is 18.4 Å². The summed E-state index contributed by atoms with van der Waals surface area (Å²) in [5, 5.41) is 3.26. The lowest BCUT2D eigenvalue weighted by molar-refractivity contribution is 0.296. The summed E-state index contributed by atoms with van der Waals surface area (Å²) >= 11 is 0. The Kier molecular flexibility index (Phi) is 4.86. The number of rotatable bonds is 6. The summed E-state index contributed by atoms with van der Waals surface area (Å²) in [5.74, 6) is 0.766. The summed E-state index contributed by atoms with van der Waals surface area (Å²) in [6, 6.07) is 8.42. The van der Waals surface area contributed by atoms with Gasteiger partial charge in [0.25, 0.3) is 0 Å². The first kappa shape index (κ1) is 13.5. The van der Waals surface area contributed by atoms with Crippen LogP contribution in [0.4, 0.5) is 11.5 Å². The number of nitrogens with zero attached hydrogens (tertiary/aromatic N) is 3. The Balaban J connectivity index is 2.07. The molecule has 0 aliphatic heterocycles. The first-order valence-electron chi connectivity index (χ1n) is 6.66. The second-order valence-corrected chi connectivity index (χ2v) is 4.38. The van der Waals surface area contributed by atoms with Crippen LogP contribution in [-0.4, -0.2) is 28.0 Å². The van der Waals surface area contributed by atoms with Gasteiger partial charge in [0, 0.05) is 24.6 Å². The Morgan fingerprint density at radius 1 is 1.16 bits per heavy atom. The van der Waals surface area contributed by atoms with Crippen LogP contribution in [-0.2, 0) is 6.54 Å². The van der Waals surface area contributed by atoms with Gasteiger partial charge in [-0.05, 0) is 30.8 Å². The molecule has 4 heteroatoms. The summed E-state index contributed by atoms with van der Waals surface area (Å²) in [7, 11) is 0. The fraction of sp³-hybridized carbons (Fsp3) is 0.333. The second kappa shape index (κ2) is 6.85. The smallest absolute Gasteiger partial charge is 0.148 e. The lowest BCUT2D eigenvalue weighted by Crippen LogP contribution is -2.22. The molecule has 2 rings (SSSR count). The van der Waals surface area contributed by atoms with E-state index in [0.29, 0.717) is 0 Å². The van der Waals surface area contributed by atoms with Gasteiger partial charge in [-0.15, -0.1) is 0 Å². The van der Waals surface area contributed by atoms with Crippen LogP contribution in [0, 0.1) is 0 Å². The van der Waals surface area contributed by atoms with Crippen molar-refractivity contribution in [3.8, 4) is 0 Å². The zero-order valence-electron chi connectivity index (χ0n) is 11.5. The van der Waals surface area contributed by atoms with Gasteiger partial charge in [0.15, 0.2) is 0 Å². The maximum absolute atomic E-state index is 4.21. The van der Waals surface area contributed by atoms with Crippen LogP contribution in [0.5, 0.6) is 0 Å². The van der Waals surface area contributed by atoms with Crippen molar-refractivity contribution in [2.24, 2.45) is 0 Å². The van der Waals surface area contributed by atoms with E-state index in [0.717, 1.165) is 31.1 Å². The third kappa shape index (κ3) is 4.03. The highest BCUT2D eigenvalue weighted by molar-refractivity contribution is 5.56. The molecule has 0 spiro atoms. The van der Waals surface area contributed by atoms with Crippen LogP contribution < -0.4 is 5.32 Å². The molecule has 100 valence electrons. The Morgan fingerprint density at radius 2 is 2.00 bits per heavy atom. The minimum absolute atomic E-state index is 0.766. The molecule has 0 aliphatic rings. The number of benzene rings is 1. The topological polar surface area (TPSA) is 41.0 Å². The predicted molar refractivity (Wildman–Crippen MR) is 78.4 cm³/mol. The average Bonchev–Trinajstić information content (AvgIpc) is 2.46. The van der Waals surface area contributed by atoms with E-state index >= 15 is 0 Å². The van der Waals surface area contributed by atoms with Crippen molar-refractivity contribution >= 4 is 11.5 Å². The Hall–Kier alpha value is -1.94. The van der Waals surface area contributed by atoms with E-state index < -0.39 is 0 Å². The largest absolute Gasteiger partial charge is 0.339 e. The summed E-state index contributed by atoms with van der Waals surface area (Å²) < 4.78 is 0. The SMILES string of the molecule is CCN(CC)Cc1cccc(Nc2cnccn2)c1. The molecule has 0 saturated heterocycles. The second-order valence-electron chi connectivity index (χ2n) is 4.38. The van der Waals surface area contributed by atoms with Gasteiger partial charge < -0.3 is 5.32 Å². The molecule has 19 heavy (non-hydrogen) atoms.